The van der Waals surface area contributed by atoms with Crippen molar-refractivity contribution in [2.24, 2.45) is 5.92 Å². The Kier molecular flexibility index (Phi) is 2.75. The summed E-state index contributed by atoms with van der Waals surface area (Å²) in [6, 6.07) is 0. The molecule has 0 saturated heterocycles. The topological polar surface area (TPSA) is 74.6 Å². The summed E-state index contributed by atoms with van der Waals surface area (Å²) >= 11 is 0. The molecule has 1 rings (SSSR count). The molecule has 0 spiro atoms. The van der Waals surface area contributed by atoms with Gasteiger partial charge in [-0.1, -0.05) is 0 Å². The second-order valence-electron chi connectivity index (χ2n) is 3.38. The highest BCUT2D eigenvalue weighted by molar-refractivity contribution is 7.91. The van der Waals surface area contributed by atoms with Gasteiger partial charge in [-0.15, -0.1) is 0 Å². The fourth-order valence-corrected chi connectivity index (χ4v) is 2.24. The summed E-state index contributed by atoms with van der Waals surface area (Å²) < 4.78 is 22.0. The van der Waals surface area contributed by atoms with E-state index in [4.69, 9.17) is 5.11 Å². The zero-order valence-electron chi connectivity index (χ0n) is 6.97. The van der Waals surface area contributed by atoms with E-state index < -0.39 is 27.8 Å². The Hall–Kier alpha value is -0.130. The van der Waals surface area contributed by atoms with E-state index in [-0.39, 0.29) is 5.92 Å². The van der Waals surface area contributed by atoms with E-state index >= 15 is 0 Å². The number of sulfone groups is 1. The molecule has 1 fully saturated rings. The van der Waals surface area contributed by atoms with E-state index in [1.165, 1.54) is 0 Å². The molecule has 2 atom stereocenters. The first-order valence-corrected chi connectivity index (χ1v) is 5.90. The zero-order chi connectivity index (χ0) is 9.35. The van der Waals surface area contributed by atoms with Crippen molar-refractivity contribution >= 4 is 9.84 Å². The molecule has 0 heterocycles. The lowest BCUT2D eigenvalue weighted by Crippen LogP contribution is -2.37. The van der Waals surface area contributed by atoms with E-state index in [1.54, 1.807) is 0 Å². The summed E-state index contributed by atoms with van der Waals surface area (Å²) in [6.07, 6.45) is 1.89. The lowest BCUT2D eigenvalue weighted by Gasteiger charge is -2.18. The van der Waals surface area contributed by atoms with Crippen molar-refractivity contribution in [1.29, 1.82) is 0 Å². The van der Waals surface area contributed by atoms with Crippen LogP contribution in [0.15, 0.2) is 0 Å². The molecule has 0 aromatic carbocycles. The number of aliphatic hydroxyl groups is 2. The minimum atomic E-state index is -3.32. The normalized spacial score (nSPS) is 23.6. The van der Waals surface area contributed by atoms with Crippen molar-refractivity contribution in [3.8, 4) is 0 Å². The molecule has 1 saturated carbocycles. The van der Waals surface area contributed by atoms with E-state index in [2.05, 4.69) is 0 Å². The highest BCUT2D eigenvalue weighted by Crippen LogP contribution is 2.35. The van der Waals surface area contributed by atoms with E-state index in [0.29, 0.717) is 0 Å². The van der Waals surface area contributed by atoms with Gasteiger partial charge in [0.25, 0.3) is 0 Å². The maximum Gasteiger partial charge on any atom is 0.155 e. The second kappa shape index (κ2) is 3.32. The Bertz CT molecular complexity index is 242. The molecule has 12 heavy (non-hydrogen) atoms. The van der Waals surface area contributed by atoms with Crippen LogP contribution in [0, 0.1) is 5.92 Å². The van der Waals surface area contributed by atoms with Crippen LogP contribution in [-0.2, 0) is 9.84 Å². The van der Waals surface area contributed by atoms with Crippen LogP contribution in [-0.4, -0.2) is 42.8 Å². The summed E-state index contributed by atoms with van der Waals surface area (Å²) in [5.41, 5.74) is 0. The Morgan fingerprint density at radius 1 is 1.50 bits per heavy atom. The van der Waals surface area contributed by atoms with Gasteiger partial charge in [-0.05, 0) is 18.8 Å². The van der Waals surface area contributed by atoms with Crippen molar-refractivity contribution in [3.63, 3.8) is 0 Å². The molecule has 4 nitrogen and oxygen atoms in total. The van der Waals surface area contributed by atoms with Gasteiger partial charge in [-0.3, -0.25) is 0 Å². The first-order valence-electron chi connectivity index (χ1n) is 3.94. The zero-order valence-corrected chi connectivity index (χ0v) is 7.79. The van der Waals surface area contributed by atoms with Gasteiger partial charge in [0.2, 0.25) is 0 Å². The maximum atomic E-state index is 11.0. The molecule has 0 aromatic rings. The Balaban J connectivity index is 2.67. The Labute approximate surface area is 72.1 Å². The number of hydrogen-bond donors (Lipinski definition) is 2. The predicted octanol–water partition coefficient (Wildman–Crippen LogP) is -0.837. The number of hydrogen-bond acceptors (Lipinski definition) is 4. The van der Waals surface area contributed by atoms with Crippen LogP contribution in [0.5, 0.6) is 0 Å². The van der Waals surface area contributed by atoms with Gasteiger partial charge >= 0.3 is 0 Å². The van der Waals surface area contributed by atoms with Gasteiger partial charge in [0, 0.05) is 6.26 Å². The van der Waals surface area contributed by atoms with Crippen LogP contribution in [0.2, 0.25) is 0 Å². The van der Waals surface area contributed by atoms with E-state index in [1.807, 2.05) is 0 Å². The molecule has 5 heteroatoms. The molecule has 1 aliphatic rings. The summed E-state index contributed by atoms with van der Waals surface area (Å²) in [5.74, 6) is 0.0804. The molecule has 2 unspecified atom stereocenters. The maximum absolute atomic E-state index is 11.0. The van der Waals surface area contributed by atoms with Gasteiger partial charge in [-0.2, -0.15) is 0 Å². The van der Waals surface area contributed by atoms with Gasteiger partial charge in [0.15, 0.2) is 9.84 Å². The van der Waals surface area contributed by atoms with Crippen molar-refractivity contribution in [1.82, 2.24) is 0 Å². The van der Waals surface area contributed by atoms with Crippen molar-refractivity contribution in [3.05, 3.63) is 0 Å². The van der Waals surface area contributed by atoms with Gasteiger partial charge in [0.05, 0.1) is 12.7 Å². The van der Waals surface area contributed by atoms with Crippen LogP contribution in [0.1, 0.15) is 12.8 Å². The average Bonchev–Trinajstić information content (AvgIpc) is 2.65. The molecule has 1 aliphatic carbocycles. The first kappa shape index (κ1) is 9.95. The second-order valence-corrected chi connectivity index (χ2v) is 5.64. The summed E-state index contributed by atoms with van der Waals surface area (Å²) in [4.78, 5) is 0. The van der Waals surface area contributed by atoms with Crippen LogP contribution < -0.4 is 0 Å². The van der Waals surface area contributed by atoms with Crippen molar-refractivity contribution in [2.45, 2.75) is 24.2 Å². The van der Waals surface area contributed by atoms with Gasteiger partial charge in [-0.25, -0.2) is 8.42 Å². The van der Waals surface area contributed by atoms with Crippen LogP contribution >= 0.6 is 0 Å². The standard InChI is InChI=1S/C7H14O4S/c1-12(10,11)6(4-8)7(9)5-2-3-5/h5-9H,2-4H2,1H3. The molecule has 0 aliphatic heterocycles. The average molecular weight is 194 g/mol. The highest BCUT2D eigenvalue weighted by Gasteiger charge is 2.39. The molecule has 2 N–H and O–H groups in total. The largest absolute Gasteiger partial charge is 0.395 e. The summed E-state index contributed by atoms with van der Waals surface area (Å²) in [6.45, 7) is -0.490. The third kappa shape index (κ3) is 2.18. The number of aliphatic hydroxyl groups excluding tert-OH is 2. The first-order chi connectivity index (χ1) is 5.46. The molecule has 0 aromatic heterocycles. The third-order valence-corrected chi connectivity index (χ3v) is 3.74. The lowest BCUT2D eigenvalue weighted by atomic mass is 10.2. The molecular formula is C7H14O4S. The Morgan fingerprint density at radius 2 is 2.00 bits per heavy atom. The lowest BCUT2D eigenvalue weighted by molar-refractivity contribution is 0.118. The van der Waals surface area contributed by atoms with Crippen LogP contribution in [0.3, 0.4) is 0 Å². The molecule has 0 radical (unpaired) electrons. The smallest absolute Gasteiger partial charge is 0.155 e. The highest BCUT2D eigenvalue weighted by atomic mass is 32.2. The molecular weight excluding hydrogens is 180 g/mol. The summed E-state index contributed by atoms with van der Waals surface area (Å²) in [5, 5.41) is 17.2. The molecule has 72 valence electrons. The van der Waals surface area contributed by atoms with Crippen molar-refractivity contribution in [2.75, 3.05) is 12.9 Å². The van der Waals surface area contributed by atoms with Crippen LogP contribution in [0.4, 0.5) is 0 Å². The fourth-order valence-electron chi connectivity index (χ4n) is 1.24. The minimum Gasteiger partial charge on any atom is -0.395 e. The van der Waals surface area contributed by atoms with E-state index in [9.17, 15) is 13.5 Å². The number of rotatable bonds is 4. The summed E-state index contributed by atoms with van der Waals surface area (Å²) in [7, 11) is -3.32. The monoisotopic (exact) mass is 194 g/mol. The minimum absolute atomic E-state index is 0.0804. The fraction of sp³-hybridized carbons (Fsp3) is 1.00. The third-order valence-electron chi connectivity index (χ3n) is 2.22. The van der Waals surface area contributed by atoms with Gasteiger partial charge < -0.3 is 10.2 Å². The van der Waals surface area contributed by atoms with Crippen molar-refractivity contribution < 1.29 is 18.6 Å². The van der Waals surface area contributed by atoms with Gasteiger partial charge in [0.1, 0.15) is 5.25 Å². The Morgan fingerprint density at radius 3 is 2.25 bits per heavy atom. The van der Waals surface area contributed by atoms with Crippen LogP contribution in [0.25, 0.3) is 0 Å². The quantitative estimate of drug-likeness (QED) is 0.612. The SMILES string of the molecule is CS(=O)(=O)C(CO)C(O)C1CC1. The predicted molar refractivity (Wildman–Crippen MR) is 44.4 cm³/mol. The molecule has 0 bridgehead atoms. The molecule has 0 amide bonds. The van der Waals surface area contributed by atoms with E-state index in [0.717, 1.165) is 19.1 Å².